The lowest BCUT2D eigenvalue weighted by Gasteiger charge is -2.08. The number of carbonyl (C=O) groups excluding carboxylic acids is 1. The number of pyridine rings is 1. The summed E-state index contributed by atoms with van der Waals surface area (Å²) in [7, 11) is -3.23. The summed E-state index contributed by atoms with van der Waals surface area (Å²) in [5.41, 5.74) is 1.13. The average molecular weight is 300 g/mol. The van der Waals surface area contributed by atoms with Crippen molar-refractivity contribution in [1.82, 2.24) is 15.0 Å². The SMILES string of the molecule is CCCNc1ccnc(C(=O)NCCNS(C)(=O)=O)c1. The molecule has 0 unspecified atom stereocenters. The summed E-state index contributed by atoms with van der Waals surface area (Å²) in [4.78, 5) is 15.8. The topological polar surface area (TPSA) is 100 Å². The molecule has 1 amide bonds. The van der Waals surface area contributed by atoms with Crippen LogP contribution in [0.1, 0.15) is 23.8 Å². The molecule has 1 aromatic heterocycles. The molecular formula is C12H20N4O3S. The Morgan fingerprint density at radius 2 is 2.05 bits per heavy atom. The lowest BCUT2D eigenvalue weighted by molar-refractivity contribution is 0.0949. The van der Waals surface area contributed by atoms with Gasteiger partial charge in [-0.1, -0.05) is 6.92 Å². The summed E-state index contributed by atoms with van der Waals surface area (Å²) in [6.07, 6.45) is 3.61. The third-order valence-corrected chi connectivity index (χ3v) is 3.08. The van der Waals surface area contributed by atoms with Gasteiger partial charge in [0.25, 0.3) is 5.91 Å². The van der Waals surface area contributed by atoms with Crippen LogP contribution in [0.25, 0.3) is 0 Å². The molecule has 8 heteroatoms. The van der Waals surface area contributed by atoms with Crippen molar-refractivity contribution in [2.45, 2.75) is 13.3 Å². The van der Waals surface area contributed by atoms with Crippen molar-refractivity contribution in [2.24, 2.45) is 0 Å². The molecule has 0 aliphatic carbocycles. The molecule has 20 heavy (non-hydrogen) atoms. The van der Waals surface area contributed by atoms with E-state index in [0.29, 0.717) is 5.69 Å². The van der Waals surface area contributed by atoms with Crippen LogP contribution in [0.15, 0.2) is 18.3 Å². The molecule has 0 bridgehead atoms. The van der Waals surface area contributed by atoms with Crippen LogP contribution < -0.4 is 15.4 Å². The van der Waals surface area contributed by atoms with Crippen LogP contribution in [-0.2, 0) is 10.0 Å². The summed E-state index contributed by atoms with van der Waals surface area (Å²) < 4.78 is 24.0. The fourth-order valence-electron chi connectivity index (χ4n) is 1.44. The number of hydrogen-bond donors (Lipinski definition) is 3. The second-order valence-electron chi connectivity index (χ2n) is 4.28. The summed E-state index contributed by atoms with van der Waals surface area (Å²) in [5.74, 6) is -0.333. The first-order valence-corrected chi connectivity index (χ1v) is 8.24. The number of nitrogens with one attached hydrogen (secondary N) is 3. The molecule has 0 aliphatic heterocycles. The first-order chi connectivity index (χ1) is 9.42. The van der Waals surface area contributed by atoms with Gasteiger partial charge in [0, 0.05) is 31.5 Å². The second kappa shape index (κ2) is 7.81. The highest BCUT2D eigenvalue weighted by molar-refractivity contribution is 7.88. The van der Waals surface area contributed by atoms with E-state index in [1.54, 1.807) is 18.3 Å². The Labute approximate surface area is 119 Å². The fraction of sp³-hybridized carbons (Fsp3) is 0.500. The van der Waals surface area contributed by atoms with E-state index in [-0.39, 0.29) is 19.0 Å². The van der Waals surface area contributed by atoms with Crippen LogP contribution in [0, 0.1) is 0 Å². The predicted octanol–water partition coefficient (Wildman–Crippen LogP) is 0.183. The van der Waals surface area contributed by atoms with E-state index in [1.807, 2.05) is 0 Å². The van der Waals surface area contributed by atoms with E-state index in [1.165, 1.54) is 0 Å². The van der Waals surface area contributed by atoms with Gasteiger partial charge in [0.1, 0.15) is 5.69 Å². The Kier molecular flexibility index (Phi) is 6.40. The van der Waals surface area contributed by atoms with Gasteiger partial charge in [-0.25, -0.2) is 13.1 Å². The number of aromatic nitrogens is 1. The Morgan fingerprint density at radius 1 is 1.30 bits per heavy atom. The highest BCUT2D eigenvalue weighted by atomic mass is 32.2. The maximum Gasteiger partial charge on any atom is 0.269 e. The van der Waals surface area contributed by atoms with E-state index >= 15 is 0 Å². The molecule has 0 saturated carbocycles. The van der Waals surface area contributed by atoms with E-state index < -0.39 is 10.0 Å². The number of anilines is 1. The normalized spacial score (nSPS) is 11.1. The number of carbonyl (C=O) groups is 1. The van der Waals surface area contributed by atoms with E-state index in [2.05, 4.69) is 27.3 Å². The molecule has 0 aliphatic rings. The fourth-order valence-corrected chi connectivity index (χ4v) is 1.91. The number of sulfonamides is 1. The zero-order valence-corrected chi connectivity index (χ0v) is 12.5. The predicted molar refractivity (Wildman–Crippen MR) is 78.2 cm³/mol. The quantitative estimate of drug-likeness (QED) is 0.595. The van der Waals surface area contributed by atoms with Gasteiger partial charge in [0.2, 0.25) is 10.0 Å². The summed E-state index contributed by atoms with van der Waals surface area (Å²) >= 11 is 0. The molecule has 0 fully saturated rings. The molecule has 0 saturated heterocycles. The number of nitrogens with zero attached hydrogens (tertiary/aromatic N) is 1. The largest absolute Gasteiger partial charge is 0.385 e. The molecule has 7 nitrogen and oxygen atoms in total. The van der Waals surface area contributed by atoms with Crippen LogP contribution in [0.4, 0.5) is 5.69 Å². The lowest BCUT2D eigenvalue weighted by atomic mass is 10.3. The van der Waals surface area contributed by atoms with Gasteiger partial charge in [0.05, 0.1) is 6.26 Å². The van der Waals surface area contributed by atoms with Crippen molar-refractivity contribution in [3.8, 4) is 0 Å². The van der Waals surface area contributed by atoms with Crippen molar-refractivity contribution >= 4 is 21.6 Å². The smallest absolute Gasteiger partial charge is 0.269 e. The van der Waals surface area contributed by atoms with Crippen LogP contribution in [0.3, 0.4) is 0 Å². The van der Waals surface area contributed by atoms with Crippen molar-refractivity contribution in [1.29, 1.82) is 0 Å². The van der Waals surface area contributed by atoms with Crippen molar-refractivity contribution in [3.63, 3.8) is 0 Å². The van der Waals surface area contributed by atoms with Gasteiger partial charge >= 0.3 is 0 Å². The van der Waals surface area contributed by atoms with Gasteiger partial charge in [-0.3, -0.25) is 9.78 Å². The zero-order valence-electron chi connectivity index (χ0n) is 11.6. The minimum atomic E-state index is -3.23. The third-order valence-electron chi connectivity index (χ3n) is 2.35. The van der Waals surface area contributed by atoms with Crippen LogP contribution in [0.2, 0.25) is 0 Å². The van der Waals surface area contributed by atoms with Crippen LogP contribution in [-0.4, -0.2) is 45.2 Å². The summed E-state index contributed by atoms with van der Waals surface area (Å²) in [5, 5.41) is 5.76. The number of hydrogen-bond acceptors (Lipinski definition) is 5. The van der Waals surface area contributed by atoms with Crippen molar-refractivity contribution in [3.05, 3.63) is 24.0 Å². The molecule has 0 spiro atoms. The van der Waals surface area contributed by atoms with E-state index in [4.69, 9.17) is 0 Å². The molecule has 1 aromatic rings. The summed E-state index contributed by atoms with van der Waals surface area (Å²) in [6, 6.07) is 3.45. The van der Waals surface area contributed by atoms with Crippen molar-refractivity contribution < 1.29 is 13.2 Å². The number of amides is 1. The van der Waals surface area contributed by atoms with Gasteiger partial charge in [-0.15, -0.1) is 0 Å². The molecule has 0 atom stereocenters. The Hall–Kier alpha value is -1.67. The maximum atomic E-state index is 11.8. The van der Waals surface area contributed by atoms with Crippen LogP contribution >= 0.6 is 0 Å². The Morgan fingerprint density at radius 3 is 2.70 bits per heavy atom. The molecule has 0 radical (unpaired) electrons. The average Bonchev–Trinajstić information content (AvgIpc) is 2.40. The molecular weight excluding hydrogens is 280 g/mol. The minimum absolute atomic E-state index is 0.151. The lowest BCUT2D eigenvalue weighted by Crippen LogP contribution is -2.34. The standard InChI is InChI=1S/C12H20N4O3S/c1-3-5-13-10-4-6-14-11(9-10)12(17)15-7-8-16-20(2,18)19/h4,6,9,16H,3,5,7-8H2,1-2H3,(H,13,14)(H,15,17). The summed E-state index contributed by atoms with van der Waals surface area (Å²) in [6.45, 7) is 3.23. The zero-order chi connectivity index (χ0) is 15.0. The molecule has 1 rings (SSSR count). The van der Waals surface area contributed by atoms with Crippen LogP contribution in [0.5, 0.6) is 0 Å². The monoisotopic (exact) mass is 300 g/mol. The number of rotatable bonds is 8. The van der Waals surface area contributed by atoms with Gasteiger partial charge in [-0.2, -0.15) is 0 Å². The maximum absolute atomic E-state index is 11.8. The highest BCUT2D eigenvalue weighted by Crippen LogP contribution is 2.07. The first-order valence-electron chi connectivity index (χ1n) is 6.35. The van der Waals surface area contributed by atoms with Gasteiger partial charge in [-0.05, 0) is 18.6 Å². The molecule has 3 N–H and O–H groups in total. The van der Waals surface area contributed by atoms with Gasteiger partial charge < -0.3 is 10.6 Å². The Bertz CT molecular complexity index is 545. The molecule has 0 aromatic carbocycles. The molecule has 112 valence electrons. The third kappa shape index (κ3) is 6.48. The van der Waals surface area contributed by atoms with E-state index in [0.717, 1.165) is 24.9 Å². The van der Waals surface area contributed by atoms with E-state index in [9.17, 15) is 13.2 Å². The van der Waals surface area contributed by atoms with Gasteiger partial charge in [0.15, 0.2) is 0 Å². The highest BCUT2D eigenvalue weighted by Gasteiger charge is 2.07. The van der Waals surface area contributed by atoms with Crippen molar-refractivity contribution in [2.75, 3.05) is 31.2 Å². The second-order valence-corrected chi connectivity index (χ2v) is 6.11. The molecule has 1 heterocycles. The first kappa shape index (κ1) is 16.4. The Balaban J connectivity index is 2.46. The minimum Gasteiger partial charge on any atom is -0.385 e.